The summed E-state index contributed by atoms with van der Waals surface area (Å²) >= 11 is 0. The van der Waals surface area contributed by atoms with E-state index in [0.717, 1.165) is 5.69 Å². The van der Waals surface area contributed by atoms with Crippen LogP contribution >= 0.6 is 0 Å². The Bertz CT molecular complexity index is 404. The van der Waals surface area contributed by atoms with Gasteiger partial charge in [0.05, 0.1) is 17.8 Å². The summed E-state index contributed by atoms with van der Waals surface area (Å²) < 4.78 is 0. The molecule has 7 heteroatoms. The van der Waals surface area contributed by atoms with Gasteiger partial charge in [0, 0.05) is 12.7 Å². The average molecular weight is 237 g/mol. The Morgan fingerprint density at radius 1 is 1.47 bits per heavy atom. The van der Waals surface area contributed by atoms with Crippen molar-refractivity contribution in [2.75, 3.05) is 13.6 Å². The van der Waals surface area contributed by atoms with Crippen molar-refractivity contribution in [2.45, 2.75) is 6.54 Å². The van der Waals surface area contributed by atoms with Crippen LogP contribution in [-0.2, 0) is 11.3 Å². The van der Waals surface area contributed by atoms with E-state index in [0.29, 0.717) is 12.1 Å². The highest BCUT2D eigenvalue weighted by molar-refractivity contribution is 5.93. The molecular formula is C10H15N5O2. The molecule has 1 heterocycles. The first-order valence-corrected chi connectivity index (χ1v) is 4.95. The van der Waals surface area contributed by atoms with Gasteiger partial charge in [-0.05, 0) is 19.2 Å². The molecule has 1 aromatic heterocycles. The number of nitrogens with zero attached hydrogens (tertiary/aromatic N) is 2. The van der Waals surface area contributed by atoms with Gasteiger partial charge in [0.2, 0.25) is 5.91 Å². The van der Waals surface area contributed by atoms with Gasteiger partial charge in [-0.15, -0.1) is 0 Å². The lowest BCUT2D eigenvalue weighted by molar-refractivity contribution is -0.118. The van der Waals surface area contributed by atoms with Crippen LogP contribution in [-0.4, -0.2) is 35.3 Å². The van der Waals surface area contributed by atoms with Crippen molar-refractivity contribution in [3.8, 4) is 0 Å². The topological polar surface area (TPSA) is 114 Å². The van der Waals surface area contributed by atoms with Gasteiger partial charge in [0.25, 0.3) is 5.91 Å². The highest BCUT2D eigenvalue weighted by atomic mass is 16.2. The van der Waals surface area contributed by atoms with E-state index in [1.165, 1.54) is 6.20 Å². The fourth-order valence-corrected chi connectivity index (χ4v) is 1.33. The van der Waals surface area contributed by atoms with E-state index in [1.807, 2.05) is 5.43 Å². The minimum Gasteiger partial charge on any atom is -0.369 e. The van der Waals surface area contributed by atoms with Crippen LogP contribution in [0.1, 0.15) is 16.1 Å². The van der Waals surface area contributed by atoms with E-state index in [-0.39, 0.29) is 6.54 Å². The number of carbonyl (C=O) groups is 2. The van der Waals surface area contributed by atoms with Gasteiger partial charge in [-0.3, -0.25) is 24.9 Å². The van der Waals surface area contributed by atoms with Gasteiger partial charge >= 0.3 is 0 Å². The maximum absolute atomic E-state index is 11.1. The molecule has 0 fully saturated rings. The minimum absolute atomic E-state index is 0.159. The lowest BCUT2D eigenvalue weighted by Gasteiger charge is -2.13. The Balaban J connectivity index is 2.62. The number of nitrogens with one attached hydrogen (secondary N) is 1. The molecule has 0 unspecified atom stereocenters. The van der Waals surface area contributed by atoms with Crippen molar-refractivity contribution < 1.29 is 9.59 Å². The molecule has 0 spiro atoms. The summed E-state index contributed by atoms with van der Waals surface area (Å²) in [6.07, 6.45) is 1.43. The van der Waals surface area contributed by atoms with Gasteiger partial charge < -0.3 is 5.73 Å². The fraction of sp³-hybridized carbons (Fsp3) is 0.300. The monoisotopic (exact) mass is 237 g/mol. The van der Waals surface area contributed by atoms with Gasteiger partial charge in [0.1, 0.15) is 0 Å². The summed E-state index contributed by atoms with van der Waals surface area (Å²) in [6.45, 7) is 0.639. The second-order valence-corrected chi connectivity index (χ2v) is 3.65. The molecule has 1 rings (SSSR count). The van der Waals surface area contributed by atoms with Crippen LogP contribution in [0.3, 0.4) is 0 Å². The van der Waals surface area contributed by atoms with Crippen molar-refractivity contribution in [3.05, 3.63) is 29.6 Å². The average Bonchev–Trinajstić information content (AvgIpc) is 2.28. The zero-order valence-electron chi connectivity index (χ0n) is 9.51. The number of hydrogen-bond acceptors (Lipinski definition) is 5. The Labute approximate surface area is 98.8 Å². The predicted octanol–water partition coefficient (Wildman–Crippen LogP) is -1.40. The number of carbonyl (C=O) groups excluding carboxylic acids is 2. The van der Waals surface area contributed by atoms with E-state index >= 15 is 0 Å². The smallest absolute Gasteiger partial charge is 0.266 e. The normalized spacial score (nSPS) is 10.3. The summed E-state index contributed by atoms with van der Waals surface area (Å²) in [5.74, 6) is 4.20. The molecule has 0 saturated heterocycles. The summed E-state index contributed by atoms with van der Waals surface area (Å²) in [4.78, 5) is 27.6. The molecule has 1 aromatic rings. The molecule has 0 bridgehead atoms. The molecule has 0 aromatic carbocycles. The van der Waals surface area contributed by atoms with Gasteiger partial charge in [-0.1, -0.05) is 0 Å². The highest BCUT2D eigenvalue weighted by Crippen LogP contribution is 2.02. The third kappa shape index (κ3) is 4.17. The highest BCUT2D eigenvalue weighted by Gasteiger charge is 2.07. The second-order valence-electron chi connectivity index (χ2n) is 3.65. The zero-order chi connectivity index (χ0) is 12.8. The van der Waals surface area contributed by atoms with Gasteiger partial charge in [-0.25, -0.2) is 5.84 Å². The van der Waals surface area contributed by atoms with Crippen LogP contribution in [0.5, 0.6) is 0 Å². The molecule has 17 heavy (non-hydrogen) atoms. The maximum Gasteiger partial charge on any atom is 0.266 e. The second kappa shape index (κ2) is 5.92. The Hall–Kier alpha value is -1.99. The van der Waals surface area contributed by atoms with Crippen LogP contribution in [0, 0.1) is 0 Å². The summed E-state index contributed by atoms with van der Waals surface area (Å²) in [5, 5.41) is 0. The van der Waals surface area contributed by atoms with E-state index in [9.17, 15) is 9.59 Å². The van der Waals surface area contributed by atoms with E-state index in [4.69, 9.17) is 11.6 Å². The van der Waals surface area contributed by atoms with Crippen LogP contribution in [0.2, 0.25) is 0 Å². The lowest BCUT2D eigenvalue weighted by Crippen LogP contribution is -2.31. The molecule has 2 amide bonds. The standard InChI is InChI=1S/C10H15N5O2/c1-15(6-9(11)16)5-8-3-2-7(4-13-8)10(17)14-12/h2-4H,5-6,12H2,1H3,(H2,11,16)(H,14,17). The Kier molecular flexibility index (Phi) is 4.56. The van der Waals surface area contributed by atoms with Crippen molar-refractivity contribution in [3.63, 3.8) is 0 Å². The van der Waals surface area contributed by atoms with E-state index in [2.05, 4.69) is 4.98 Å². The van der Waals surface area contributed by atoms with Crippen molar-refractivity contribution in [1.29, 1.82) is 0 Å². The summed E-state index contributed by atoms with van der Waals surface area (Å²) in [7, 11) is 1.76. The fourth-order valence-electron chi connectivity index (χ4n) is 1.33. The number of aromatic nitrogens is 1. The first-order chi connectivity index (χ1) is 8.02. The zero-order valence-corrected chi connectivity index (χ0v) is 9.51. The summed E-state index contributed by atoms with van der Waals surface area (Å²) in [5.41, 5.74) is 8.20. The molecular weight excluding hydrogens is 222 g/mol. The first kappa shape index (κ1) is 13.1. The molecule has 5 N–H and O–H groups in total. The number of nitrogen functional groups attached to an aromatic ring is 1. The molecule has 0 atom stereocenters. The SMILES string of the molecule is CN(CC(N)=O)Cc1ccc(C(=O)NN)cn1. The third-order valence-corrected chi connectivity index (χ3v) is 2.08. The number of primary amides is 1. The van der Waals surface area contributed by atoms with Crippen molar-refractivity contribution >= 4 is 11.8 Å². The van der Waals surface area contributed by atoms with Crippen LogP contribution in [0.25, 0.3) is 0 Å². The van der Waals surface area contributed by atoms with Gasteiger partial charge in [-0.2, -0.15) is 0 Å². The first-order valence-electron chi connectivity index (χ1n) is 4.95. The van der Waals surface area contributed by atoms with Crippen LogP contribution in [0.4, 0.5) is 0 Å². The van der Waals surface area contributed by atoms with E-state index < -0.39 is 11.8 Å². The molecule has 0 radical (unpaired) electrons. The number of rotatable bonds is 5. The molecule has 0 saturated carbocycles. The lowest BCUT2D eigenvalue weighted by atomic mass is 10.2. The molecule has 0 aliphatic heterocycles. The number of hydrazine groups is 1. The number of likely N-dealkylation sites (N-methyl/N-ethyl adjacent to an activating group) is 1. The van der Waals surface area contributed by atoms with Crippen LogP contribution in [0.15, 0.2) is 18.3 Å². The van der Waals surface area contributed by atoms with Crippen molar-refractivity contribution in [1.82, 2.24) is 15.3 Å². The molecule has 0 aliphatic carbocycles. The maximum atomic E-state index is 11.1. The number of amides is 2. The molecule has 92 valence electrons. The largest absolute Gasteiger partial charge is 0.369 e. The number of pyridine rings is 1. The predicted molar refractivity (Wildman–Crippen MR) is 61.4 cm³/mol. The van der Waals surface area contributed by atoms with Crippen molar-refractivity contribution in [2.24, 2.45) is 11.6 Å². The van der Waals surface area contributed by atoms with Gasteiger partial charge in [0.15, 0.2) is 0 Å². The molecule has 7 nitrogen and oxygen atoms in total. The third-order valence-electron chi connectivity index (χ3n) is 2.08. The minimum atomic E-state index is -0.397. The Morgan fingerprint density at radius 2 is 2.18 bits per heavy atom. The van der Waals surface area contributed by atoms with Crippen LogP contribution < -0.4 is 17.0 Å². The molecule has 0 aliphatic rings. The van der Waals surface area contributed by atoms with E-state index in [1.54, 1.807) is 24.1 Å². The quantitative estimate of drug-likeness (QED) is 0.331. The summed E-state index contributed by atoms with van der Waals surface area (Å²) in [6, 6.07) is 3.31. The number of hydrogen-bond donors (Lipinski definition) is 3. The Morgan fingerprint density at radius 3 is 2.65 bits per heavy atom. The number of nitrogens with two attached hydrogens (primary N) is 2.